The SMILES string of the molecule is CN=C(NCCc1cc(OC)ccc1OC)NC1CCN(c2ncccc2F)C1.I. The average molecular weight is 529 g/mol. The Morgan fingerprint density at radius 2 is 2.13 bits per heavy atom. The van der Waals surface area contributed by atoms with Crippen LogP contribution in [0.25, 0.3) is 0 Å². The van der Waals surface area contributed by atoms with Gasteiger partial charge in [-0.2, -0.15) is 0 Å². The first-order valence-electron chi connectivity index (χ1n) is 9.68. The van der Waals surface area contributed by atoms with Crippen LogP contribution in [0.2, 0.25) is 0 Å². The zero-order chi connectivity index (χ0) is 20.6. The summed E-state index contributed by atoms with van der Waals surface area (Å²) in [5, 5.41) is 6.75. The molecule has 1 fully saturated rings. The van der Waals surface area contributed by atoms with Crippen molar-refractivity contribution in [3.63, 3.8) is 0 Å². The Bertz CT molecular complexity index is 852. The third kappa shape index (κ3) is 6.10. The summed E-state index contributed by atoms with van der Waals surface area (Å²) in [6.45, 7) is 2.12. The molecule has 0 radical (unpaired) electrons. The van der Waals surface area contributed by atoms with Gasteiger partial charge in [0.2, 0.25) is 0 Å². The molecule has 9 heteroatoms. The van der Waals surface area contributed by atoms with Crippen LogP contribution in [0.4, 0.5) is 10.2 Å². The van der Waals surface area contributed by atoms with E-state index in [1.807, 2.05) is 23.1 Å². The van der Waals surface area contributed by atoms with Gasteiger partial charge in [-0.15, -0.1) is 24.0 Å². The van der Waals surface area contributed by atoms with E-state index >= 15 is 0 Å². The smallest absolute Gasteiger partial charge is 0.191 e. The monoisotopic (exact) mass is 529 g/mol. The molecule has 1 aromatic heterocycles. The molecule has 1 aliphatic rings. The normalized spacial score (nSPS) is 16.1. The van der Waals surface area contributed by atoms with Crippen molar-refractivity contribution in [1.29, 1.82) is 0 Å². The molecule has 1 saturated heterocycles. The van der Waals surface area contributed by atoms with Crippen molar-refractivity contribution >= 4 is 35.8 Å². The van der Waals surface area contributed by atoms with Crippen LogP contribution < -0.4 is 25.0 Å². The highest BCUT2D eigenvalue weighted by atomic mass is 127. The van der Waals surface area contributed by atoms with Crippen molar-refractivity contribution < 1.29 is 13.9 Å². The zero-order valence-corrected chi connectivity index (χ0v) is 19.9. The Balaban J connectivity index is 0.00000320. The van der Waals surface area contributed by atoms with Crippen molar-refractivity contribution in [2.45, 2.75) is 18.9 Å². The summed E-state index contributed by atoms with van der Waals surface area (Å²) in [6, 6.07) is 8.99. The van der Waals surface area contributed by atoms with Crippen LogP contribution in [0.15, 0.2) is 41.5 Å². The van der Waals surface area contributed by atoms with Crippen molar-refractivity contribution in [3.8, 4) is 11.5 Å². The average Bonchev–Trinajstić information content (AvgIpc) is 3.21. The van der Waals surface area contributed by atoms with E-state index in [0.29, 0.717) is 18.9 Å². The molecule has 30 heavy (non-hydrogen) atoms. The van der Waals surface area contributed by atoms with Crippen molar-refractivity contribution in [1.82, 2.24) is 15.6 Å². The maximum Gasteiger partial charge on any atom is 0.191 e. The number of aromatic nitrogens is 1. The minimum atomic E-state index is -0.289. The number of benzene rings is 1. The first-order chi connectivity index (χ1) is 14.1. The summed E-state index contributed by atoms with van der Waals surface area (Å²) < 4.78 is 24.7. The van der Waals surface area contributed by atoms with E-state index in [0.717, 1.165) is 42.4 Å². The van der Waals surface area contributed by atoms with Gasteiger partial charge in [-0.3, -0.25) is 4.99 Å². The third-order valence-electron chi connectivity index (χ3n) is 4.97. The van der Waals surface area contributed by atoms with Gasteiger partial charge in [0.15, 0.2) is 17.6 Å². The molecular weight excluding hydrogens is 500 g/mol. The molecule has 1 atom stereocenters. The van der Waals surface area contributed by atoms with Crippen LogP contribution in [0, 0.1) is 5.82 Å². The number of hydrogen-bond donors (Lipinski definition) is 2. The number of methoxy groups -OCH3 is 2. The molecule has 1 unspecified atom stereocenters. The maximum atomic E-state index is 14.0. The molecule has 0 saturated carbocycles. The number of guanidine groups is 1. The second-order valence-corrected chi connectivity index (χ2v) is 6.81. The van der Waals surface area contributed by atoms with Crippen LogP contribution in [-0.4, -0.2) is 57.9 Å². The molecule has 0 aliphatic carbocycles. The lowest BCUT2D eigenvalue weighted by Crippen LogP contribution is -2.45. The number of anilines is 1. The Kier molecular flexibility index (Phi) is 9.41. The summed E-state index contributed by atoms with van der Waals surface area (Å²) in [6.07, 6.45) is 3.27. The van der Waals surface area contributed by atoms with Crippen molar-refractivity contribution in [2.75, 3.05) is 45.8 Å². The largest absolute Gasteiger partial charge is 0.497 e. The second kappa shape index (κ2) is 11.8. The third-order valence-corrected chi connectivity index (χ3v) is 4.97. The molecule has 1 aliphatic heterocycles. The number of halogens is 2. The molecular formula is C21H29FIN5O2. The van der Waals surface area contributed by atoms with E-state index in [2.05, 4.69) is 20.6 Å². The number of rotatable bonds is 7. The summed E-state index contributed by atoms with van der Waals surface area (Å²) in [7, 11) is 5.05. The molecule has 3 rings (SSSR count). The van der Waals surface area contributed by atoms with Gasteiger partial charge >= 0.3 is 0 Å². The fourth-order valence-electron chi connectivity index (χ4n) is 3.46. The zero-order valence-electron chi connectivity index (χ0n) is 17.5. The summed E-state index contributed by atoms with van der Waals surface area (Å²) >= 11 is 0. The predicted molar refractivity (Wildman–Crippen MR) is 128 cm³/mol. The molecule has 164 valence electrons. The van der Waals surface area contributed by atoms with Gasteiger partial charge in [-0.1, -0.05) is 0 Å². The highest BCUT2D eigenvalue weighted by molar-refractivity contribution is 14.0. The van der Waals surface area contributed by atoms with E-state index < -0.39 is 0 Å². The van der Waals surface area contributed by atoms with Gasteiger partial charge in [-0.05, 0) is 48.7 Å². The van der Waals surface area contributed by atoms with E-state index in [4.69, 9.17) is 9.47 Å². The number of hydrogen-bond acceptors (Lipinski definition) is 5. The summed E-state index contributed by atoms with van der Waals surface area (Å²) in [5.41, 5.74) is 1.06. The van der Waals surface area contributed by atoms with Gasteiger partial charge in [0.25, 0.3) is 0 Å². The highest BCUT2D eigenvalue weighted by Crippen LogP contribution is 2.24. The molecule has 7 nitrogen and oxygen atoms in total. The molecule has 2 aromatic rings. The molecule has 0 amide bonds. The van der Waals surface area contributed by atoms with Crippen LogP contribution in [0.1, 0.15) is 12.0 Å². The van der Waals surface area contributed by atoms with Gasteiger partial charge < -0.3 is 25.0 Å². The number of aliphatic imine (C=N–C) groups is 1. The predicted octanol–water partition coefficient (Wildman–Crippen LogP) is 2.84. The quantitative estimate of drug-likeness (QED) is 0.327. The first-order valence-corrected chi connectivity index (χ1v) is 9.68. The number of nitrogens with one attached hydrogen (secondary N) is 2. The lowest BCUT2D eigenvalue weighted by atomic mass is 10.1. The molecule has 1 aromatic carbocycles. The molecule has 0 spiro atoms. The maximum absolute atomic E-state index is 14.0. The van der Waals surface area contributed by atoms with Crippen molar-refractivity contribution in [3.05, 3.63) is 47.9 Å². The van der Waals surface area contributed by atoms with E-state index in [1.54, 1.807) is 33.5 Å². The van der Waals surface area contributed by atoms with E-state index in [-0.39, 0.29) is 35.8 Å². The van der Waals surface area contributed by atoms with Crippen LogP contribution >= 0.6 is 24.0 Å². The van der Waals surface area contributed by atoms with Crippen LogP contribution in [0.3, 0.4) is 0 Å². The Hall–Kier alpha value is -2.30. The van der Waals surface area contributed by atoms with Crippen LogP contribution in [-0.2, 0) is 6.42 Å². The van der Waals surface area contributed by atoms with Gasteiger partial charge in [0.05, 0.1) is 14.2 Å². The molecule has 2 N–H and O–H groups in total. The van der Waals surface area contributed by atoms with Gasteiger partial charge in [0.1, 0.15) is 11.5 Å². The topological polar surface area (TPSA) is 71.0 Å². The lowest BCUT2D eigenvalue weighted by Gasteiger charge is -2.20. The van der Waals surface area contributed by atoms with Gasteiger partial charge in [0, 0.05) is 38.9 Å². The van der Waals surface area contributed by atoms with E-state index in [1.165, 1.54) is 6.07 Å². The van der Waals surface area contributed by atoms with Crippen LogP contribution in [0.5, 0.6) is 11.5 Å². The van der Waals surface area contributed by atoms with Crippen molar-refractivity contribution in [2.24, 2.45) is 4.99 Å². The highest BCUT2D eigenvalue weighted by Gasteiger charge is 2.25. The second-order valence-electron chi connectivity index (χ2n) is 6.81. The lowest BCUT2D eigenvalue weighted by molar-refractivity contribution is 0.398. The summed E-state index contributed by atoms with van der Waals surface area (Å²) in [4.78, 5) is 10.4. The Labute approximate surface area is 194 Å². The minimum absolute atomic E-state index is 0. The number of nitrogens with zero attached hydrogens (tertiary/aromatic N) is 3. The first kappa shape index (κ1) is 24.0. The van der Waals surface area contributed by atoms with E-state index in [9.17, 15) is 4.39 Å². The molecule has 2 heterocycles. The number of ether oxygens (including phenoxy) is 2. The fraction of sp³-hybridized carbons (Fsp3) is 0.429. The fourth-order valence-corrected chi connectivity index (χ4v) is 3.46. The standard InChI is InChI=1S/C21H28FN5O2.HI/c1-23-21(25-11-8-15-13-17(28-2)6-7-19(15)29-3)26-16-9-12-27(14-16)20-18(22)5-4-10-24-20;/h4-7,10,13,16H,8-9,11-12,14H2,1-3H3,(H2,23,25,26);1H. The minimum Gasteiger partial charge on any atom is -0.497 e. The Morgan fingerprint density at radius 1 is 1.30 bits per heavy atom. The molecule has 0 bridgehead atoms. The summed E-state index contributed by atoms with van der Waals surface area (Å²) in [5.74, 6) is 2.48. The number of pyridine rings is 1. The Morgan fingerprint density at radius 3 is 2.83 bits per heavy atom. The van der Waals surface area contributed by atoms with Gasteiger partial charge in [-0.25, -0.2) is 9.37 Å².